The molecular weight excluding hydrogens is 494 g/mol. The van der Waals surface area contributed by atoms with E-state index in [-0.39, 0.29) is 41.9 Å². The molecule has 1 aromatic rings. The summed E-state index contributed by atoms with van der Waals surface area (Å²) in [5, 5.41) is 6.70. The lowest BCUT2D eigenvalue weighted by Gasteiger charge is -2.32. The van der Waals surface area contributed by atoms with E-state index < -0.39 is 0 Å². The molecule has 2 N–H and O–H groups in total. The molecule has 1 heterocycles. The van der Waals surface area contributed by atoms with Gasteiger partial charge in [-0.05, 0) is 31.4 Å². The van der Waals surface area contributed by atoms with Crippen molar-refractivity contribution in [2.75, 3.05) is 39.0 Å². The van der Waals surface area contributed by atoms with E-state index in [1.165, 1.54) is 6.07 Å². The van der Waals surface area contributed by atoms with Crippen LogP contribution in [0.2, 0.25) is 0 Å². The first-order valence-corrected chi connectivity index (χ1v) is 10.5. The summed E-state index contributed by atoms with van der Waals surface area (Å²) in [6.07, 6.45) is 1.49. The maximum absolute atomic E-state index is 13.6. The summed E-state index contributed by atoms with van der Waals surface area (Å²) in [6.45, 7) is 4.34. The number of benzene rings is 1. The molecule has 0 radical (unpaired) electrons. The Morgan fingerprint density at radius 2 is 2.07 bits per heavy atom. The zero-order valence-electron chi connectivity index (χ0n) is 16.4. The Hall–Kier alpha value is -1.23. The van der Waals surface area contributed by atoms with Gasteiger partial charge in [0.15, 0.2) is 5.96 Å². The van der Waals surface area contributed by atoms with Crippen LogP contribution in [0.3, 0.4) is 0 Å². The summed E-state index contributed by atoms with van der Waals surface area (Å²) in [5.41, 5.74) is 0.735. The minimum Gasteiger partial charge on any atom is -0.450 e. The molecule has 28 heavy (non-hydrogen) atoms. The number of guanidine groups is 1. The fraction of sp³-hybridized carbons (Fsp3) is 0.579. The standard InChI is InChI=1S/C19H29FN4O2S.HI/c1-3-26-19(25)24-11-8-16(9-12-24)23-18(21-2)22-10-13-27-14-15-6-4-5-7-17(15)20;/h4-7,16H,3,8-14H2,1-2H3,(H2,21,22,23);1H. The van der Waals surface area contributed by atoms with Crippen molar-refractivity contribution in [2.24, 2.45) is 4.99 Å². The molecule has 0 unspecified atom stereocenters. The second-order valence-corrected chi connectivity index (χ2v) is 7.35. The maximum atomic E-state index is 13.6. The Bertz CT molecular complexity index is 628. The predicted molar refractivity (Wildman–Crippen MR) is 124 cm³/mol. The van der Waals surface area contributed by atoms with Crippen LogP contribution in [0.15, 0.2) is 29.3 Å². The second-order valence-electron chi connectivity index (χ2n) is 6.25. The Labute approximate surface area is 188 Å². The van der Waals surface area contributed by atoms with Crippen molar-refractivity contribution >= 4 is 47.8 Å². The molecule has 2 rings (SSSR count). The van der Waals surface area contributed by atoms with Crippen molar-refractivity contribution in [3.63, 3.8) is 0 Å². The summed E-state index contributed by atoms with van der Waals surface area (Å²) < 4.78 is 18.6. The van der Waals surface area contributed by atoms with Gasteiger partial charge >= 0.3 is 6.09 Å². The lowest BCUT2D eigenvalue weighted by atomic mass is 10.1. The topological polar surface area (TPSA) is 66.0 Å². The number of nitrogens with zero attached hydrogens (tertiary/aromatic N) is 2. The average molecular weight is 524 g/mol. The maximum Gasteiger partial charge on any atom is 0.409 e. The number of likely N-dealkylation sites (tertiary alicyclic amines) is 1. The molecule has 1 aliphatic rings. The van der Waals surface area contributed by atoms with Gasteiger partial charge < -0.3 is 20.3 Å². The molecular formula is C19H30FIN4O2S. The zero-order valence-corrected chi connectivity index (χ0v) is 19.6. The molecule has 1 fully saturated rings. The number of nitrogens with one attached hydrogen (secondary N) is 2. The fourth-order valence-corrected chi connectivity index (χ4v) is 3.69. The van der Waals surface area contributed by atoms with E-state index in [2.05, 4.69) is 15.6 Å². The molecule has 158 valence electrons. The molecule has 9 heteroatoms. The van der Waals surface area contributed by atoms with Gasteiger partial charge in [0.2, 0.25) is 0 Å². The van der Waals surface area contributed by atoms with E-state index in [1.54, 1.807) is 29.8 Å². The number of amides is 1. The average Bonchev–Trinajstić information content (AvgIpc) is 2.68. The number of hydrogen-bond donors (Lipinski definition) is 2. The molecule has 1 aromatic carbocycles. The minimum absolute atomic E-state index is 0. The number of piperidine rings is 1. The van der Waals surface area contributed by atoms with E-state index in [0.29, 0.717) is 25.4 Å². The highest BCUT2D eigenvalue weighted by molar-refractivity contribution is 14.0. The zero-order chi connectivity index (χ0) is 19.5. The highest BCUT2D eigenvalue weighted by Gasteiger charge is 2.23. The number of carbonyl (C=O) groups excluding carboxylic acids is 1. The predicted octanol–water partition coefficient (Wildman–Crippen LogP) is 3.46. The van der Waals surface area contributed by atoms with Gasteiger partial charge in [-0.25, -0.2) is 9.18 Å². The molecule has 6 nitrogen and oxygen atoms in total. The van der Waals surface area contributed by atoms with Gasteiger partial charge in [0.1, 0.15) is 5.82 Å². The molecule has 0 bridgehead atoms. The van der Waals surface area contributed by atoms with Crippen LogP contribution in [0.4, 0.5) is 9.18 Å². The molecule has 0 atom stereocenters. The van der Waals surface area contributed by atoms with Crippen LogP contribution < -0.4 is 10.6 Å². The number of carbonyl (C=O) groups is 1. The smallest absolute Gasteiger partial charge is 0.409 e. The first-order chi connectivity index (χ1) is 13.1. The number of rotatable bonds is 7. The first-order valence-electron chi connectivity index (χ1n) is 9.34. The van der Waals surface area contributed by atoms with Crippen molar-refractivity contribution in [1.29, 1.82) is 0 Å². The summed E-state index contributed by atoms with van der Waals surface area (Å²) in [4.78, 5) is 17.7. The Morgan fingerprint density at radius 3 is 2.71 bits per heavy atom. The SMILES string of the molecule is CCOC(=O)N1CCC(NC(=NC)NCCSCc2ccccc2F)CC1.I. The van der Waals surface area contributed by atoms with Crippen LogP contribution in [-0.4, -0.2) is 62.0 Å². The number of halogens is 2. The van der Waals surface area contributed by atoms with Crippen molar-refractivity contribution in [3.05, 3.63) is 35.6 Å². The molecule has 1 aliphatic heterocycles. The van der Waals surface area contributed by atoms with Crippen molar-refractivity contribution < 1.29 is 13.9 Å². The van der Waals surface area contributed by atoms with E-state index in [4.69, 9.17) is 4.74 Å². The number of ether oxygens (including phenoxy) is 1. The third-order valence-corrected chi connectivity index (χ3v) is 5.35. The molecule has 0 aromatic heterocycles. The summed E-state index contributed by atoms with van der Waals surface area (Å²) in [6, 6.07) is 7.16. The van der Waals surface area contributed by atoms with E-state index >= 15 is 0 Å². The van der Waals surface area contributed by atoms with Crippen LogP contribution in [0.1, 0.15) is 25.3 Å². The van der Waals surface area contributed by atoms with Crippen LogP contribution in [-0.2, 0) is 10.5 Å². The largest absolute Gasteiger partial charge is 0.450 e. The molecule has 0 saturated carbocycles. The van der Waals surface area contributed by atoms with Crippen molar-refractivity contribution in [2.45, 2.75) is 31.6 Å². The summed E-state index contributed by atoms with van der Waals surface area (Å²) >= 11 is 1.68. The number of hydrogen-bond acceptors (Lipinski definition) is 4. The molecule has 1 amide bonds. The Balaban J connectivity index is 0.00000392. The van der Waals surface area contributed by atoms with Crippen LogP contribution in [0.25, 0.3) is 0 Å². The normalized spacial score (nSPS) is 15.0. The van der Waals surface area contributed by atoms with Crippen LogP contribution in [0.5, 0.6) is 0 Å². The van der Waals surface area contributed by atoms with Gasteiger partial charge in [-0.1, -0.05) is 18.2 Å². The number of thioether (sulfide) groups is 1. The van der Waals surface area contributed by atoms with Crippen molar-refractivity contribution in [3.8, 4) is 0 Å². The van der Waals surface area contributed by atoms with E-state index in [1.807, 2.05) is 19.1 Å². The Morgan fingerprint density at radius 1 is 1.36 bits per heavy atom. The van der Waals surface area contributed by atoms with Crippen molar-refractivity contribution in [1.82, 2.24) is 15.5 Å². The lowest BCUT2D eigenvalue weighted by molar-refractivity contribution is 0.0963. The van der Waals surface area contributed by atoms with Gasteiger partial charge in [0.05, 0.1) is 6.61 Å². The minimum atomic E-state index is -0.231. The van der Waals surface area contributed by atoms with E-state index in [0.717, 1.165) is 36.7 Å². The van der Waals surface area contributed by atoms with Crippen LogP contribution in [0, 0.1) is 5.82 Å². The third kappa shape index (κ3) is 8.42. The highest BCUT2D eigenvalue weighted by Crippen LogP contribution is 2.15. The third-order valence-electron chi connectivity index (χ3n) is 4.34. The van der Waals surface area contributed by atoms with Gasteiger partial charge in [-0.3, -0.25) is 4.99 Å². The van der Waals surface area contributed by atoms with Gasteiger partial charge in [0.25, 0.3) is 0 Å². The quantitative estimate of drug-likeness (QED) is 0.248. The summed E-state index contributed by atoms with van der Waals surface area (Å²) in [7, 11) is 1.75. The lowest BCUT2D eigenvalue weighted by Crippen LogP contribution is -2.50. The monoisotopic (exact) mass is 524 g/mol. The first kappa shape index (κ1) is 24.8. The highest BCUT2D eigenvalue weighted by atomic mass is 127. The molecule has 0 aliphatic carbocycles. The summed E-state index contributed by atoms with van der Waals surface area (Å²) in [5.74, 6) is 2.13. The fourth-order valence-electron chi connectivity index (χ4n) is 2.85. The second kappa shape index (κ2) is 13.9. The van der Waals surface area contributed by atoms with Gasteiger partial charge in [-0.2, -0.15) is 11.8 Å². The van der Waals surface area contributed by atoms with Gasteiger partial charge in [0, 0.05) is 44.2 Å². The number of aliphatic imine (C=N–C) groups is 1. The van der Waals surface area contributed by atoms with Gasteiger partial charge in [-0.15, -0.1) is 24.0 Å². The molecule has 0 spiro atoms. The van der Waals surface area contributed by atoms with E-state index in [9.17, 15) is 9.18 Å². The Kier molecular flexibility index (Phi) is 12.3. The molecule has 1 saturated heterocycles. The van der Waals surface area contributed by atoms with Crippen LogP contribution >= 0.6 is 35.7 Å².